The van der Waals surface area contributed by atoms with Gasteiger partial charge in [-0.3, -0.25) is 0 Å². The first-order valence-electron chi connectivity index (χ1n) is 16.0. The number of hydrogen-bond donors (Lipinski definition) is 0. The van der Waals surface area contributed by atoms with E-state index < -0.39 is 0 Å². The van der Waals surface area contributed by atoms with E-state index in [1.54, 1.807) is 0 Å². The van der Waals surface area contributed by atoms with Crippen molar-refractivity contribution in [2.45, 2.75) is 0 Å². The van der Waals surface area contributed by atoms with E-state index in [0.717, 1.165) is 55.3 Å². The number of rotatable bonds is 6. The number of para-hydroxylation sites is 1. The van der Waals surface area contributed by atoms with Crippen LogP contribution in [0.4, 0.5) is 0 Å². The molecule has 0 fully saturated rings. The summed E-state index contributed by atoms with van der Waals surface area (Å²) in [4.78, 5) is 29.4. The summed E-state index contributed by atoms with van der Waals surface area (Å²) in [6, 6.07) is 52.0. The molecule has 0 atom stereocenters. The Morgan fingerprint density at radius 1 is 0.265 bits per heavy atom. The van der Waals surface area contributed by atoms with Crippen LogP contribution in [0, 0.1) is 0 Å². The van der Waals surface area contributed by atoms with E-state index in [1.807, 2.05) is 146 Å². The van der Waals surface area contributed by atoms with Crippen LogP contribution in [0.15, 0.2) is 162 Å². The molecular formula is C42H26N6O. The van der Waals surface area contributed by atoms with Crippen molar-refractivity contribution in [2.24, 2.45) is 0 Å². The second-order valence-corrected chi connectivity index (χ2v) is 11.6. The van der Waals surface area contributed by atoms with Crippen molar-refractivity contribution in [3.63, 3.8) is 0 Å². The molecular weight excluding hydrogens is 605 g/mol. The van der Waals surface area contributed by atoms with E-state index in [4.69, 9.17) is 34.3 Å². The Balaban J connectivity index is 1.13. The average Bonchev–Trinajstić information content (AvgIpc) is 3.57. The SMILES string of the molecule is c1ccc(-c2nc(-c3ccccc3)nc(-c3ccc(-c4nc(-c5ccccc5)nc(-c5ccc6c(c5)oc5ccccc56)n4)cc3)n2)cc1. The van der Waals surface area contributed by atoms with Crippen LogP contribution in [-0.4, -0.2) is 29.9 Å². The summed E-state index contributed by atoms with van der Waals surface area (Å²) in [6.45, 7) is 0. The second-order valence-electron chi connectivity index (χ2n) is 11.6. The van der Waals surface area contributed by atoms with Gasteiger partial charge in [0, 0.05) is 44.2 Å². The summed E-state index contributed by atoms with van der Waals surface area (Å²) < 4.78 is 6.19. The zero-order valence-electron chi connectivity index (χ0n) is 26.1. The number of furan rings is 1. The van der Waals surface area contributed by atoms with Gasteiger partial charge in [-0.05, 0) is 18.2 Å². The van der Waals surface area contributed by atoms with E-state index >= 15 is 0 Å². The maximum Gasteiger partial charge on any atom is 0.164 e. The standard InChI is InChI=1S/C42H26N6O/c1-4-12-27(13-5-1)37-43-38(28-14-6-2-7-15-28)45-40(44-37)30-20-22-31(23-21-30)41-46-39(29-16-8-3-9-17-29)47-42(48-41)32-24-25-34-33-18-10-11-19-35(33)49-36(34)26-32/h1-26H. The molecule has 3 heterocycles. The Kier molecular flexibility index (Phi) is 6.98. The molecule has 0 saturated heterocycles. The van der Waals surface area contributed by atoms with Crippen LogP contribution < -0.4 is 0 Å². The van der Waals surface area contributed by atoms with Crippen LogP contribution in [0.2, 0.25) is 0 Å². The number of nitrogens with zero attached hydrogens (tertiary/aromatic N) is 6. The van der Waals surface area contributed by atoms with E-state index in [1.165, 1.54) is 0 Å². The predicted molar refractivity (Wildman–Crippen MR) is 193 cm³/mol. The van der Waals surface area contributed by atoms with Gasteiger partial charge in [0.15, 0.2) is 34.9 Å². The van der Waals surface area contributed by atoms with Gasteiger partial charge >= 0.3 is 0 Å². The molecule has 0 amide bonds. The third kappa shape index (κ3) is 5.49. The molecule has 0 spiro atoms. The van der Waals surface area contributed by atoms with E-state index in [-0.39, 0.29) is 0 Å². The van der Waals surface area contributed by atoms with Crippen LogP contribution >= 0.6 is 0 Å². The largest absolute Gasteiger partial charge is 0.456 e. The van der Waals surface area contributed by atoms with Crippen molar-refractivity contribution in [1.82, 2.24) is 29.9 Å². The molecule has 7 nitrogen and oxygen atoms in total. The highest BCUT2D eigenvalue weighted by Gasteiger charge is 2.16. The molecule has 0 N–H and O–H groups in total. The number of aromatic nitrogens is 6. The highest BCUT2D eigenvalue weighted by atomic mass is 16.3. The summed E-state index contributed by atoms with van der Waals surface area (Å²) in [7, 11) is 0. The fraction of sp³-hybridized carbons (Fsp3) is 0. The lowest BCUT2D eigenvalue weighted by molar-refractivity contribution is 0.669. The summed E-state index contributed by atoms with van der Waals surface area (Å²) >= 11 is 0. The van der Waals surface area contributed by atoms with Crippen molar-refractivity contribution < 1.29 is 4.42 Å². The Labute approximate surface area is 281 Å². The quantitative estimate of drug-likeness (QED) is 0.181. The molecule has 0 aliphatic rings. The molecule has 0 aliphatic heterocycles. The fourth-order valence-electron chi connectivity index (χ4n) is 5.92. The van der Waals surface area contributed by atoms with Gasteiger partial charge < -0.3 is 4.42 Å². The third-order valence-electron chi connectivity index (χ3n) is 8.41. The van der Waals surface area contributed by atoms with Crippen LogP contribution in [0.25, 0.3) is 90.3 Å². The van der Waals surface area contributed by atoms with E-state index in [9.17, 15) is 0 Å². The smallest absolute Gasteiger partial charge is 0.164 e. The first-order chi connectivity index (χ1) is 24.2. The Morgan fingerprint density at radius 2 is 0.592 bits per heavy atom. The first kappa shape index (κ1) is 28.4. The van der Waals surface area contributed by atoms with Crippen LogP contribution in [0.1, 0.15) is 0 Å². The van der Waals surface area contributed by atoms with Crippen molar-refractivity contribution in [3.05, 3.63) is 158 Å². The second kappa shape index (κ2) is 12.1. The average molecular weight is 631 g/mol. The predicted octanol–water partition coefficient (Wildman–Crippen LogP) is 9.96. The maximum absolute atomic E-state index is 6.19. The molecule has 3 aromatic heterocycles. The van der Waals surface area contributed by atoms with Crippen molar-refractivity contribution in [2.75, 3.05) is 0 Å². The van der Waals surface area contributed by atoms with Gasteiger partial charge in [-0.1, -0.05) is 140 Å². The van der Waals surface area contributed by atoms with E-state index in [0.29, 0.717) is 34.9 Å². The van der Waals surface area contributed by atoms with Gasteiger partial charge in [0.05, 0.1) is 0 Å². The molecule has 0 bridgehead atoms. The Hall–Kier alpha value is -6.86. The molecule has 49 heavy (non-hydrogen) atoms. The van der Waals surface area contributed by atoms with Crippen molar-refractivity contribution in [1.29, 1.82) is 0 Å². The maximum atomic E-state index is 6.19. The normalized spacial score (nSPS) is 11.3. The summed E-state index contributed by atoms with van der Waals surface area (Å²) in [6.07, 6.45) is 0. The number of benzene rings is 6. The minimum Gasteiger partial charge on any atom is -0.456 e. The molecule has 9 rings (SSSR count). The molecule has 0 saturated carbocycles. The van der Waals surface area contributed by atoms with Crippen LogP contribution in [-0.2, 0) is 0 Å². The van der Waals surface area contributed by atoms with Gasteiger partial charge in [0.25, 0.3) is 0 Å². The van der Waals surface area contributed by atoms with Crippen molar-refractivity contribution >= 4 is 21.9 Å². The lowest BCUT2D eigenvalue weighted by Crippen LogP contribution is -2.01. The van der Waals surface area contributed by atoms with Gasteiger partial charge in [-0.15, -0.1) is 0 Å². The van der Waals surface area contributed by atoms with Gasteiger partial charge in [0.1, 0.15) is 11.2 Å². The molecule has 0 unspecified atom stereocenters. The van der Waals surface area contributed by atoms with Gasteiger partial charge in [-0.2, -0.15) is 0 Å². The van der Waals surface area contributed by atoms with Gasteiger partial charge in [0.2, 0.25) is 0 Å². The fourth-order valence-corrected chi connectivity index (χ4v) is 5.92. The molecule has 9 aromatic rings. The molecule has 0 radical (unpaired) electrons. The summed E-state index contributed by atoms with van der Waals surface area (Å²) in [5, 5.41) is 2.13. The van der Waals surface area contributed by atoms with Crippen LogP contribution in [0.3, 0.4) is 0 Å². The minimum absolute atomic E-state index is 0.561. The lowest BCUT2D eigenvalue weighted by atomic mass is 10.1. The number of fused-ring (bicyclic) bond motifs is 3. The van der Waals surface area contributed by atoms with Crippen molar-refractivity contribution in [3.8, 4) is 68.3 Å². The lowest BCUT2D eigenvalue weighted by Gasteiger charge is -2.10. The highest BCUT2D eigenvalue weighted by Crippen LogP contribution is 2.33. The summed E-state index contributed by atoms with van der Waals surface area (Å²) in [5.74, 6) is 3.53. The van der Waals surface area contributed by atoms with Gasteiger partial charge in [-0.25, -0.2) is 29.9 Å². The summed E-state index contributed by atoms with van der Waals surface area (Å²) in [5.41, 5.74) is 6.92. The molecule has 6 aromatic carbocycles. The third-order valence-corrected chi connectivity index (χ3v) is 8.41. The molecule has 230 valence electrons. The van der Waals surface area contributed by atoms with E-state index in [2.05, 4.69) is 12.1 Å². The molecule has 7 heteroatoms. The van der Waals surface area contributed by atoms with Crippen LogP contribution in [0.5, 0.6) is 0 Å². The minimum atomic E-state index is 0.561. The number of hydrogen-bond acceptors (Lipinski definition) is 7. The zero-order valence-corrected chi connectivity index (χ0v) is 26.1. The Morgan fingerprint density at radius 3 is 1.04 bits per heavy atom. The topological polar surface area (TPSA) is 90.5 Å². The monoisotopic (exact) mass is 630 g/mol. The zero-order chi connectivity index (χ0) is 32.6. The highest BCUT2D eigenvalue weighted by molar-refractivity contribution is 6.05. The molecule has 0 aliphatic carbocycles. The Bertz CT molecular complexity index is 2530. The first-order valence-corrected chi connectivity index (χ1v) is 16.0.